The van der Waals surface area contributed by atoms with Gasteiger partial charge in [0.05, 0.1) is 15.6 Å². The van der Waals surface area contributed by atoms with Gasteiger partial charge in [0.2, 0.25) is 0 Å². The molecule has 0 spiro atoms. The number of thiophene rings is 1. The second-order valence-corrected chi connectivity index (χ2v) is 7.19. The van der Waals surface area contributed by atoms with Gasteiger partial charge >= 0.3 is 0 Å². The van der Waals surface area contributed by atoms with Crippen molar-refractivity contribution in [3.63, 3.8) is 0 Å². The standard InChI is InChI=1S/C16H17ClN2O2S/c1-16(2,3)19-14(20)10-6-7-11(17)12(9-10)18-15(21)13-5-4-8-22-13/h4-9H,1-3H3,(H,18,21)(H,19,20). The summed E-state index contributed by atoms with van der Waals surface area (Å²) >= 11 is 7.44. The van der Waals surface area contributed by atoms with E-state index < -0.39 is 0 Å². The van der Waals surface area contributed by atoms with Gasteiger partial charge in [0.15, 0.2) is 0 Å². The highest BCUT2D eigenvalue weighted by atomic mass is 35.5. The van der Waals surface area contributed by atoms with Gasteiger partial charge in [-0.05, 0) is 50.4 Å². The monoisotopic (exact) mass is 336 g/mol. The average molecular weight is 337 g/mol. The molecule has 1 aromatic heterocycles. The van der Waals surface area contributed by atoms with Crippen LogP contribution < -0.4 is 10.6 Å². The molecule has 0 radical (unpaired) electrons. The number of rotatable bonds is 3. The van der Waals surface area contributed by atoms with Gasteiger partial charge in [-0.15, -0.1) is 11.3 Å². The Morgan fingerprint density at radius 3 is 2.45 bits per heavy atom. The molecule has 0 unspecified atom stereocenters. The van der Waals surface area contributed by atoms with Crippen molar-refractivity contribution in [2.45, 2.75) is 26.3 Å². The second kappa shape index (κ2) is 6.50. The summed E-state index contributed by atoms with van der Waals surface area (Å²) in [5, 5.41) is 7.81. The van der Waals surface area contributed by atoms with Crippen LogP contribution in [0.2, 0.25) is 5.02 Å². The van der Waals surface area contributed by atoms with Gasteiger partial charge < -0.3 is 10.6 Å². The molecule has 0 fully saturated rings. The average Bonchev–Trinajstić information content (AvgIpc) is 2.93. The molecule has 1 heterocycles. The van der Waals surface area contributed by atoms with Crippen molar-refractivity contribution in [3.05, 3.63) is 51.2 Å². The minimum atomic E-state index is -0.336. The van der Waals surface area contributed by atoms with Crippen molar-refractivity contribution in [3.8, 4) is 0 Å². The number of benzene rings is 1. The van der Waals surface area contributed by atoms with E-state index in [1.54, 1.807) is 30.3 Å². The largest absolute Gasteiger partial charge is 0.347 e. The molecule has 1 aromatic carbocycles. The van der Waals surface area contributed by atoms with Crippen molar-refractivity contribution >= 4 is 40.4 Å². The molecule has 0 saturated carbocycles. The fourth-order valence-electron chi connectivity index (χ4n) is 1.77. The number of halogens is 1. The van der Waals surface area contributed by atoms with Crippen LogP contribution >= 0.6 is 22.9 Å². The molecular formula is C16H17ClN2O2S. The van der Waals surface area contributed by atoms with Crippen molar-refractivity contribution in [2.75, 3.05) is 5.32 Å². The van der Waals surface area contributed by atoms with E-state index in [0.29, 0.717) is 21.2 Å². The normalized spacial score (nSPS) is 11.1. The van der Waals surface area contributed by atoms with Crippen LogP contribution in [0.3, 0.4) is 0 Å². The number of carbonyl (C=O) groups excluding carboxylic acids is 2. The molecule has 4 nitrogen and oxygen atoms in total. The highest BCUT2D eigenvalue weighted by Gasteiger charge is 2.17. The third-order valence-electron chi connectivity index (χ3n) is 2.71. The minimum Gasteiger partial charge on any atom is -0.347 e. The lowest BCUT2D eigenvalue weighted by atomic mass is 10.1. The Labute approximate surface area is 138 Å². The molecule has 0 bridgehead atoms. The number of hydrogen-bond donors (Lipinski definition) is 2. The van der Waals surface area contributed by atoms with Crippen LogP contribution in [0.4, 0.5) is 5.69 Å². The smallest absolute Gasteiger partial charge is 0.265 e. The zero-order valence-corrected chi connectivity index (χ0v) is 14.1. The van der Waals surface area contributed by atoms with Crippen molar-refractivity contribution < 1.29 is 9.59 Å². The van der Waals surface area contributed by atoms with Gasteiger partial charge in [0, 0.05) is 11.1 Å². The fraction of sp³-hybridized carbons (Fsp3) is 0.250. The number of nitrogens with one attached hydrogen (secondary N) is 2. The second-order valence-electron chi connectivity index (χ2n) is 5.83. The summed E-state index contributed by atoms with van der Waals surface area (Å²) in [5.41, 5.74) is 0.527. The van der Waals surface area contributed by atoms with Gasteiger partial charge in [-0.2, -0.15) is 0 Å². The number of anilines is 1. The Kier molecular flexibility index (Phi) is 4.88. The van der Waals surface area contributed by atoms with Crippen molar-refractivity contribution in [2.24, 2.45) is 0 Å². The molecule has 2 amide bonds. The summed E-state index contributed by atoms with van der Waals surface area (Å²) < 4.78 is 0. The molecule has 0 atom stereocenters. The first kappa shape index (κ1) is 16.5. The SMILES string of the molecule is CC(C)(C)NC(=O)c1ccc(Cl)c(NC(=O)c2cccs2)c1. The fourth-order valence-corrected chi connectivity index (χ4v) is 2.55. The Balaban J connectivity index is 2.20. The third kappa shape index (κ3) is 4.32. The maximum absolute atomic E-state index is 12.2. The highest BCUT2D eigenvalue weighted by molar-refractivity contribution is 7.12. The van der Waals surface area contributed by atoms with Crippen LogP contribution in [-0.4, -0.2) is 17.4 Å². The van der Waals surface area contributed by atoms with E-state index in [-0.39, 0.29) is 17.4 Å². The molecule has 2 aromatic rings. The lowest BCUT2D eigenvalue weighted by Crippen LogP contribution is -2.40. The summed E-state index contributed by atoms with van der Waals surface area (Å²) in [6.07, 6.45) is 0. The predicted molar refractivity (Wildman–Crippen MR) is 90.9 cm³/mol. The van der Waals surface area contributed by atoms with Crippen LogP contribution in [0, 0.1) is 0 Å². The summed E-state index contributed by atoms with van der Waals surface area (Å²) in [5.74, 6) is -0.457. The molecule has 0 aliphatic rings. The van der Waals surface area contributed by atoms with Gasteiger partial charge in [-0.3, -0.25) is 9.59 Å². The molecule has 0 saturated heterocycles. The Morgan fingerprint density at radius 1 is 1.14 bits per heavy atom. The van der Waals surface area contributed by atoms with Gasteiger partial charge in [-0.25, -0.2) is 0 Å². The van der Waals surface area contributed by atoms with Crippen LogP contribution in [0.15, 0.2) is 35.7 Å². The zero-order valence-electron chi connectivity index (χ0n) is 12.6. The summed E-state index contributed by atoms with van der Waals surface area (Å²) in [6, 6.07) is 8.33. The summed E-state index contributed by atoms with van der Waals surface area (Å²) in [7, 11) is 0. The lowest BCUT2D eigenvalue weighted by Gasteiger charge is -2.20. The molecule has 2 rings (SSSR count). The van der Waals surface area contributed by atoms with E-state index in [2.05, 4.69) is 10.6 Å². The lowest BCUT2D eigenvalue weighted by molar-refractivity contribution is 0.0918. The maximum Gasteiger partial charge on any atom is 0.265 e. The van der Waals surface area contributed by atoms with Gasteiger partial charge in [-0.1, -0.05) is 17.7 Å². The van der Waals surface area contributed by atoms with E-state index in [1.807, 2.05) is 26.2 Å². The predicted octanol–water partition coefficient (Wildman–Crippen LogP) is 4.18. The van der Waals surface area contributed by atoms with Crippen LogP contribution in [0.1, 0.15) is 40.8 Å². The summed E-state index contributed by atoms with van der Waals surface area (Å²) in [4.78, 5) is 24.8. The Morgan fingerprint density at radius 2 is 1.86 bits per heavy atom. The Hall–Kier alpha value is -1.85. The van der Waals surface area contributed by atoms with E-state index in [0.717, 1.165) is 0 Å². The molecule has 22 heavy (non-hydrogen) atoms. The number of hydrogen-bond acceptors (Lipinski definition) is 3. The van der Waals surface area contributed by atoms with Crippen molar-refractivity contribution in [1.29, 1.82) is 0 Å². The van der Waals surface area contributed by atoms with E-state index in [9.17, 15) is 9.59 Å². The first-order valence-electron chi connectivity index (χ1n) is 6.73. The molecule has 0 aliphatic carbocycles. The topological polar surface area (TPSA) is 58.2 Å². The van der Waals surface area contributed by atoms with Crippen LogP contribution in [0.25, 0.3) is 0 Å². The zero-order chi connectivity index (χ0) is 16.3. The van der Waals surface area contributed by atoms with Gasteiger partial charge in [0.1, 0.15) is 0 Å². The van der Waals surface area contributed by atoms with Crippen LogP contribution in [0.5, 0.6) is 0 Å². The maximum atomic E-state index is 12.2. The first-order valence-corrected chi connectivity index (χ1v) is 7.99. The van der Waals surface area contributed by atoms with Crippen molar-refractivity contribution in [1.82, 2.24) is 5.32 Å². The Bertz CT molecular complexity index is 691. The van der Waals surface area contributed by atoms with E-state index in [1.165, 1.54) is 11.3 Å². The molecule has 0 aliphatic heterocycles. The third-order valence-corrected chi connectivity index (χ3v) is 3.91. The molecule has 116 valence electrons. The molecular weight excluding hydrogens is 320 g/mol. The first-order chi connectivity index (χ1) is 10.3. The highest BCUT2D eigenvalue weighted by Crippen LogP contribution is 2.24. The molecule has 6 heteroatoms. The van der Waals surface area contributed by atoms with E-state index >= 15 is 0 Å². The van der Waals surface area contributed by atoms with Crippen LogP contribution in [-0.2, 0) is 0 Å². The summed E-state index contributed by atoms with van der Waals surface area (Å²) in [6.45, 7) is 5.71. The minimum absolute atomic E-state index is 0.212. The molecule has 2 N–H and O–H groups in total. The van der Waals surface area contributed by atoms with Gasteiger partial charge in [0.25, 0.3) is 11.8 Å². The number of carbonyl (C=O) groups is 2. The quantitative estimate of drug-likeness (QED) is 0.883. The van der Waals surface area contributed by atoms with E-state index in [4.69, 9.17) is 11.6 Å². The number of amides is 2.